The number of thioether (sulfide) groups is 1. The van der Waals surface area contributed by atoms with Gasteiger partial charge in [-0.3, -0.25) is 0 Å². The maximum Gasteiger partial charge on any atom is 0.416 e. The van der Waals surface area contributed by atoms with Gasteiger partial charge in [-0.2, -0.15) is 13.2 Å². The highest BCUT2D eigenvalue weighted by atomic mass is 32.2. The van der Waals surface area contributed by atoms with Crippen molar-refractivity contribution in [3.63, 3.8) is 0 Å². The fourth-order valence-electron chi connectivity index (χ4n) is 2.42. The molecule has 0 saturated heterocycles. The second kappa shape index (κ2) is 7.23. The number of rotatable bonds is 4. The third-order valence-electron chi connectivity index (χ3n) is 3.76. The van der Waals surface area contributed by atoms with Crippen molar-refractivity contribution in [1.82, 2.24) is 0 Å². The molecule has 3 aromatic carbocycles. The van der Waals surface area contributed by atoms with Crippen LogP contribution in [0.5, 0.6) is 0 Å². The van der Waals surface area contributed by atoms with Crippen LogP contribution in [0.4, 0.5) is 18.9 Å². The predicted molar refractivity (Wildman–Crippen MR) is 97.3 cm³/mol. The third kappa shape index (κ3) is 4.57. The van der Waals surface area contributed by atoms with Crippen LogP contribution in [0.15, 0.2) is 77.7 Å². The first-order chi connectivity index (χ1) is 11.9. The van der Waals surface area contributed by atoms with Gasteiger partial charge >= 0.3 is 6.18 Å². The van der Waals surface area contributed by atoms with E-state index in [0.717, 1.165) is 45.2 Å². The number of benzene rings is 3. The molecule has 0 fully saturated rings. The molecule has 1 nitrogen and oxygen atoms in total. The number of hydrogen-bond donors (Lipinski definition) is 1. The molecule has 0 radical (unpaired) electrons. The lowest BCUT2D eigenvalue weighted by Gasteiger charge is -2.09. The van der Waals surface area contributed by atoms with E-state index in [1.165, 1.54) is 12.1 Å². The van der Waals surface area contributed by atoms with E-state index in [9.17, 15) is 13.2 Å². The largest absolute Gasteiger partial charge is 0.416 e. The van der Waals surface area contributed by atoms with Gasteiger partial charge in [-0.25, -0.2) is 0 Å². The van der Waals surface area contributed by atoms with E-state index < -0.39 is 11.7 Å². The van der Waals surface area contributed by atoms with Gasteiger partial charge in [0.15, 0.2) is 0 Å². The minimum Gasteiger partial charge on any atom is -0.399 e. The summed E-state index contributed by atoms with van der Waals surface area (Å²) in [6.07, 6.45) is -4.31. The van der Waals surface area contributed by atoms with Gasteiger partial charge in [-0.1, -0.05) is 36.4 Å². The van der Waals surface area contributed by atoms with Crippen molar-refractivity contribution in [3.05, 3.63) is 83.9 Å². The zero-order valence-corrected chi connectivity index (χ0v) is 14.1. The van der Waals surface area contributed by atoms with E-state index >= 15 is 0 Å². The minimum atomic E-state index is -4.31. The molecular formula is C20H16F3NS. The van der Waals surface area contributed by atoms with Crippen molar-refractivity contribution < 1.29 is 13.2 Å². The molecular weight excluding hydrogens is 343 g/mol. The van der Waals surface area contributed by atoms with Gasteiger partial charge in [0.25, 0.3) is 0 Å². The highest BCUT2D eigenvalue weighted by Gasteiger charge is 2.29. The van der Waals surface area contributed by atoms with Gasteiger partial charge in [0, 0.05) is 16.3 Å². The molecule has 0 heterocycles. The molecule has 0 spiro atoms. The van der Waals surface area contributed by atoms with E-state index in [2.05, 4.69) is 0 Å². The van der Waals surface area contributed by atoms with Crippen LogP contribution in [0.3, 0.4) is 0 Å². The van der Waals surface area contributed by atoms with Crippen LogP contribution >= 0.6 is 11.8 Å². The molecule has 0 unspecified atom stereocenters. The van der Waals surface area contributed by atoms with Crippen LogP contribution in [0.1, 0.15) is 11.1 Å². The van der Waals surface area contributed by atoms with Crippen LogP contribution in [0.2, 0.25) is 0 Å². The standard InChI is InChI=1S/C20H16F3NS/c21-20(22,23)17-6-4-15(5-7-17)16-3-1-2-14(12-16)13-25-19-10-8-18(24)9-11-19/h1-12H,13,24H2. The van der Waals surface area contributed by atoms with E-state index in [1.54, 1.807) is 11.8 Å². The summed E-state index contributed by atoms with van der Waals surface area (Å²) in [5.74, 6) is 0.776. The second-order valence-electron chi connectivity index (χ2n) is 5.63. The molecule has 25 heavy (non-hydrogen) atoms. The van der Waals surface area contributed by atoms with Crippen LogP contribution in [-0.4, -0.2) is 0 Å². The Morgan fingerprint density at radius 1 is 0.800 bits per heavy atom. The monoisotopic (exact) mass is 359 g/mol. The highest BCUT2D eigenvalue weighted by Crippen LogP contribution is 2.31. The number of nitrogen functional groups attached to an aromatic ring is 1. The number of alkyl halides is 3. The average molecular weight is 359 g/mol. The Bertz CT molecular complexity index is 840. The van der Waals surface area contributed by atoms with E-state index in [4.69, 9.17) is 5.73 Å². The Labute approximate surface area is 148 Å². The first-order valence-corrected chi connectivity index (χ1v) is 8.65. The van der Waals surface area contributed by atoms with Crippen molar-refractivity contribution in [2.24, 2.45) is 0 Å². The predicted octanol–water partition coefficient (Wildman–Crippen LogP) is 6.25. The van der Waals surface area contributed by atoms with Crippen LogP contribution < -0.4 is 5.73 Å². The zero-order chi connectivity index (χ0) is 17.9. The Morgan fingerprint density at radius 3 is 2.12 bits per heavy atom. The van der Waals surface area contributed by atoms with Gasteiger partial charge in [0.2, 0.25) is 0 Å². The number of hydrogen-bond acceptors (Lipinski definition) is 2. The number of anilines is 1. The quantitative estimate of drug-likeness (QED) is 0.440. The number of halogens is 3. The normalized spacial score (nSPS) is 11.5. The van der Waals surface area contributed by atoms with Crippen LogP contribution in [0, 0.1) is 0 Å². The van der Waals surface area contributed by atoms with Crippen molar-refractivity contribution in [1.29, 1.82) is 0 Å². The minimum absolute atomic E-state index is 0.633. The third-order valence-corrected chi connectivity index (χ3v) is 4.84. The summed E-state index contributed by atoms with van der Waals surface area (Å²) >= 11 is 1.69. The first kappa shape index (κ1) is 17.4. The van der Waals surface area contributed by atoms with Crippen molar-refractivity contribution in [2.75, 3.05) is 5.73 Å². The summed E-state index contributed by atoms with van der Waals surface area (Å²) in [4.78, 5) is 1.12. The molecule has 0 aliphatic carbocycles. The zero-order valence-electron chi connectivity index (χ0n) is 13.3. The average Bonchev–Trinajstić information content (AvgIpc) is 2.61. The molecule has 0 amide bonds. The topological polar surface area (TPSA) is 26.0 Å². The van der Waals surface area contributed by atoms with Crippen LogP contribution in [-0.2, 0) is 11.9 Å². The molecule has 0 atom stereocenters. The summed E-state index contributed by atoms with van der Waals surface area (Å²) in [7, 11) is 0. The second-order valence-corrected chi connectivity index (χ2v) is 6.68. The fraction of sp³-hybridized carbons (Fsp3) is 0.100. The van der Waals surface area contributed by atoms with Gasteiger partial charge < -0.3 is 5.73 Å². The lowest BCUT2D eigenvalue weighted by Crippen LogP contribution is -2.03. The van der Waals surface area contributed by atoms with Gasteiger partial charge in [-0.15, -0.1) is 11.8 Å². The van der Waals surface area contributed by atoms with Crippen LogP contribution in [0.25, 0.3) is 11.1 Å². The number of nitrogens with two attached hydrogens (primary N) is 1. The van der Waals surface area contributed by atoms with Crippen molar-refractivity contribution in [2.45, 2.75) is 16.8 Å². The maximum absolute atomic E-state index is 12.7. The van der Waals surface area contributed by atoms with Gasteiger partial charge in [-0.05, 0) is 53.1 Å². The molecule has 128 valence electrons. The summed E-state index contributed by atoms with van der Waals surface area (Å²) in [6.45, 7) is 0. The molecule has 2 N–H and O–H groups in total. The summed E-state index contributed by atoms with van der Waals surface area (Å²) < 4.78 is 38.0. The molecule has 0 aromatic heterocycles. The summed E-state index contributed by atoms with van der Waals surface area (Å²) in [5.41, 5.74) is 8.56. The molecule has 3 rings (SSSR count). The molecule has 0 aliphatic heterocycles. The summed E-state index contributed by atoms with van der Waals surface area (Å²) in [6, 6.07) is 20.8. The van der Waals surface area contributed by atoms with E-state index in [1.807, 2.05) is 48.5 Å². The lowest BCUT2D eigenvalue weighted by atomic mass is 10.0. The smallest absolute Gasteiger partial charge is 0.399 e. The van der Waals surface area contributed by atoms with E-state index in [0.29, 0.717) is 0 Å². The Kier molecular flexibility index (Phi) is 5.04. The van der Waals surface area contributed by atoms with Gasteiger partial charge in [0.1, 0.15) is 0 Å². The molecule has 0 bridgehead atoms. The Balaban J connectivity index is 1.73. The molecule has 5 heteroatoms. The Morgan fingerprint density at radius 2 is 1.48 bits per heavy atom. The molecule has 0 saturated carbocycles. The summed E-state index contributed by atoms with van der Waals surface area (Å²) in [5, 5.41) is 0. The van der Waals surface area contributed by atoms with Crippen molar-refractivity contribution in [3.8, 4) is 11.1 Å². The lowest BCUT2D eigenvalue weighted by molar-refractivity contribution is -0.137. The van der Waals surface area contributed by atoms with Crippen molar-refractivity contribution >= 4 is 17.4 Å². The van der Waals surface area contributed by atoms with E-state index in [-0.39, 0.29) is 0 Å². The molecule has 0 aliphatic rings. The fourth-order valence-corrected chi connectivity index (χ4v) is 3.26. The SMILES string of the molecule is Nc1ccc(SCc2cccc(-c3ccc(C(F)(F)F)cc3)c2)cc1. The van der Waals surface area contributed by atoms with Gasteiger partial charge in [0.05, 0.1) is 5.56 Å². The highest BCUT2D eigenvalue weighted by molar-refractivity contribution is 7.98. The Hall–Kier alpha value is -2.40. The maximum atomic E-state index is 12.7. The molecule has 3 aromatic rings. The first-order valence-electron chi connectivity index (χ1n) is 7.67.